The van der Waals surface area contributed by atoms with Crippen LogP contribution >= 0.6 is 31.9 Å². The molecule has 0 aliphatic carbocycles. The average molecular weight is 522 g/mol. The summed E-state index contributed by atoms with van der Waals surface area (Å²) in [7, 11) is 0. The quantitative estimate of drug-likeness (QED) is 0.210. The van der Waals surface area contributed by atoms with E-state index in [1.165, 1.54) is 0 Å². The molecule has 0 aliphatic rings. The predicted molar refractivity (Wildman–Crippen MR) is 126 cm³/mol. The fraction of sp³-hybridized carbons (Fsp3) is 0.0800. The number of carbonyl (C=O) groups is 1. The third-order valence-corrected chi connectivity index (χ3v) is 6.76. The van der Waals surface area contributed by atoms with E-state index in [-0.39, 0.29) is 15.4 Å². The SMILES string of the molecule is O=C(c1cccnc1C(Br)c1ccccc1)c1cccnc1C(Br)c1ccccc1. The summed E-state index contributed by atoms with van der Waals surface area (Å²) in [6.07, 6.45) is 3.43. The van der Waals surface area contributed by atoms with Gasteiger partial charge in [0.05, 0.1) is 21.0 Å². The molecule has 2 aromatic carbocycles. The summed E-state index contributed by atoms with van der Waals surface area (Å²) in [5, 5.41) is 0. The minimum Gasteiger partial charge on any atom is -0.288 e. The predicted octanol–water partition coefficient (Wildman–Crippen LogP) is 6.68. The number of carbonyl (C=O) groups excluding carboxylic acids is 1. The van der Waals surface area contributed by atoms with Crippen LogP contribution in [0, 0.1) is 0 Å². The van der Waals surface area contributed by atoms with Crippen LogP contribution in [0.3, 0.4) is 0 Å². The van der Waals surface area contributed by atoms with E-state index in [0.717, 1.165) is 11.1 Å². The van der Waals surface area contributed by atoms with Gasteiger partial charge in [0.15, 0.2) is 5.78 Å². The Bertz CT molecular complexity index is 1060. The summed E-state index contributed by atoms with van der Waals surface area (Å²) in [4.78, 5) is 22.3. The molecule has 0 amide bonds. The Morgan fingerprint density at radius 3 is 1.40 bits per heavy atom. The van der Waals surface area contributed by atoms with Crippen molar-refractivity contribution in [3.05, 3.63) is 131 Å². The Morgan fingerprint density at radius 2 is 1.00 bits per heavy atom. The summed E-state index contributed by atoms with van der Waals surface area (Å²) in [5.41, 5.74) is 4.58. The van der Waals surface area contributed by atoms with Gasteiger partial charge in [-0.15, -0.1) is 0 Å². The fourth-order valence-electron chi connectivity index (χ4n) is 3.33. The maximum absolute atomic E-state index is 13.6. The number of alkyl halides is 2. The molecule has 0 aliphatic heterocycles. The van der Waals surface area contributed by atoms with Crippen LogP contribution in [0.4, 0.5) is 0 Å². The van der Waals surface area contributed by atoms with Crippen molar-refractivity contribution in [1.82, 2.24) is 9.97 Å². The number of pyridine rings is 2. The Morgan fingerprint density at radius 1 is 0.600 bits per heavy atom. The van der Waals surface area contributed by atoms with Gasteiger partial charge >= 0.3 is 0 Å². The van der Waals surface area contributed by atoms with E-state index < -0.39 is 0 Å². The van der Waals surface area contributed by atoms with Crippen LogP contribution in [-0.4, -0.2) is 15.8 Å². The van der Waals surface area contributed by atoms with Gasteiger partial charge in [0.2, 0.25) is 0 Å². The van der Waals surface area contributed by atoms with Crippen molar-refractivity contribution in [3.63, 3.8) is 0 Å². The monoisotopic (exact) mass is 520 g/mol. The molecule has 148 valence electrons. The molecule has 2 unspecified atom stereocenters. The van der Waals surface area contributed by atoms with Gasteiger partial charge in [-0.05, 0) is 35.4 Å². The van der Waals surface area contributed by atoms with E-state index in [2.05, 4.69) is 41.8 Å². The summed E-state index contributed by atoms with van der Waals surface area (Å²) in [6, 6.07) is 27.1. The van der Waals surface area contributed by atoms with Crippen LogP contribution in [0.25, 0.3) is 0 Å². The molecule has 30 heavy (non-hydrogen) atoms. The van der Waals surface area contributed by atoms with E-state index in [1.54, 1.807) is 24.5 Å². The zero-order valence-electron chi connectivity index (χ0n) is 16.0. The van der Waals surface area contributed by atoms with Crippen molar-refractivity contribution in [2.24, 2.45) is 0 Å². The Balaban J connectivity index is 1.75. The summed E-state index contributed by atoms with van der Waals surface area (Å²) in [5.74, 6) is -0.0954. The lowest BCUT2D eigenvalue weighted by molar-refractivity contribution is 0.103. The summed E-state index contributed by atoms with van der Waals surface area (Å²) < 4.78 is 0. The fourth-order valence-corrected chi connectivity index (χ4v) is 4.67. The summed E-state index contributed by atoms with van der Waals surface area (Å²) in [6.45, 7) is 0. The Labute approximate surface area is 192 Å². The van der Waals surface area contributed by atoms with Gasteiger partial charge in [0, 0.05) is 23.5 Å². The van der Waals surface area contributed by atoms with E-state index in [1.807, 2.05) is 72.8 Å². The van der Waals surface area contributed by atoms with Crippen molar-refractivity contribution in [2.45, 2.75) is 9.65 Å². The lowest BCUT2D eigenvalue weighted by Gasteiger charge is -2.17. The van der Waals surface area contributed by atoms with Gasteiger partial charge in [0.1, 0.15) is 0 Å². The minimum absolute atomic E-state index is 0.0954. The molecule has 2 aromatic heterocycles. The van der Waals surface area contributed by atoms with Crippen molar-refractivity contribution < 1.29 is 4.79 Å². The molecule has 0 N–H and O–H groups in total. The van der Waals surface area contributed by atoms with Crippen molar-refractivity contribution >= 4 is 37.6 Å². The van der Waals surface area contributed by atoms with Crippen molar-refractivity contribution in [1.29, 1.82) is 0 Å². The minimum atomic E-state index is -0.187. The van der Waals surface area contributed by atoms with Crippen LogP contribution in [0.1, 0.15) is 48.1 Å². The first kappa shape index (κ1) is 20.6. The second-order valence-electron chi connectivity index (χ2n) is 6.75. The molecule has 2 atom stereocenters. The average Bonchev–Trinajstić information content (AvgIpc) is 2.84. The largest absolute Gasteiger partial charge is 0.288 e. The lowest BCUT2D eigenvalue weighted by atomic mass is 9.95. The molecule has 0 saturated heterocycles. The van der Waals surface area contributed by atoms with Crippen LogP contribution < -0.4 is 0 Å². The van der Waals surface area contributed by atoms with E-state index in [9.17, 15) is 4.79 Å². The van der Waals surface area contributed by atoms with Crippen molar-refractivity contribution in [3.8, 4) is 0 Å². The maximum Gasteiger partial charge on any atom is 0.196 e. The molecule has 2 heterocycles. The standard InChI is InChI=1S/C25H18Br2N2O/c26-21(17-9-3-1-4-10-17)23-19(13-7-15-28-23)25(30)20-14-8-16-29-24(20)22(27)18-11-5-2-6-12-18/h1-16,21-22H. The highest BCUT2D eigenvalue weighted by Crippen LogP contribution is 2.35. The Kier molecular flexibility index (Phi) is 6.50. The topological polar surface area (TPSA) is 42.9 Å². The van der Waals surface area contributed by atoms with E-state index >= 15 is 0 Å². The third-order valence-electron chi connectivity index (χ3n) is 4.83. The van der Waals surface area contributed by atoms with Gasteiger partial charge in [0.25, 0.3) is 0 Å². The molecule has 0 fully saturated rings. The van der Waals surface area contributed by atoms with Gasteiger partial charge in [-0.1, -0.05) is 92.5 Å². The lowest BCUT2D eigenvalue weighted by Crippen LogP contribution is -2.13. The number of ketones is 1. The number of hydrogen-bond acceptors (Lipinski definition) is 3. The number of nitrogens with zero attached hydrogens (tertiary/aromatic N) is 2. The smallest absolute Gasteiger partial charge is 0.196 e. The second kappa shape index (κ2) is 9.45. The van der Waals surface area contributed by atoms with Crippen LogP contribution in [-0.2, 0) is 0 Å². The van der Waals surface area contributed by atoms with Crippen LogP contribution in [0.5, 0.6) is 0 Å². The number of benzene rings is 2. The van der Waals surface area contributed by atoms with Gasteiger partial charge in [-0.3, -0.25) is 14.8 Å². The van der Waals surface area contributed by atoms with Crippen LogP contribution in [0.2, 0.25) is 0 Å². The van der Waals surface area contributed by atoms with Crippen molar-refractivity contribution in [2.75, 3.05) is 0 Å². The molecule has 0 radical (unpaired) electrons. The number of halogens is 2. The molecule has 0 saturated carbocycles. The second-order valence-corrected chi connectivity index (χ2v) is 8.58. The highest BCUT2D eigenvalue weighted by molar-refractivity contribution is 9.09. The van der Waals surface area contributed by atoms with Gasteiger partial charge in [-0.2, -0.15) is 0 Å². The van der Waals surface area contributed by atoms with Gasteiger partial charge < -0.3 is 0 Å². The molecule has 0 bridgehead atoms. The first-order valence-corrected chi connectivity index (χ1v) is 11.3. The number of aromatic nitrogens is 2. The third kappa shape index (κ3) is 4.27. The first-order valence-electron chi connectivity index (χ1n) is 9.49. The molecule has 5 heteroatoms. The molecular weight excluding hydrogens is 504 g/mol. The zero-order chi connectivity index (χ0) is 20.9. The van der Waals surface area contributed by atoms with Crippen LogP contribution in [0.15, 0.2) is 97.3 Å². The first-order chi connectivity index (χ1) is 14.7. The summed E-state index contributed by atoms with van der Waals surface area (Å²) >= 11 is 7.46. The highest BCUT2D eigenvalue weighted by atomic mass is 79.9. The number of rotatable bonds is 6. The Hall–Kier alpha value is -2.63. The van der Waals surface area contributed by atoms with Gasteiger partial charge in [-0.25, -0.2) is 0 Å². The molecule has 4 rings (SSSR count). The molecule has 0 spiro atoms. The molecular formula is C25H18Br2N2O. The highest BCUT2D eigenvalue weighted by Gasteiger charge is 2.25. The zero-order valence-corrected chi connectivity index (χ0v) is 19.1. The normalized spacial score (nSPS) is 12.9. The molecule has 4 aromatic rings. The maximum atomic E-state index is 13.6. The number of hydrogen-bond donors (Lipinski definition) is 0. The molecule has 3 nitrogen and oxygen atoms in total. The van der Waals surface area contributed by atoms with E-state index in [4.69, 9.17) is 0 Å². The van der Waals surface area contributed by atoms with E-state index in [0.29, 0.717) is 22.5 Å².